The molecule has 1 fully saturated rings. The van der Waals surface area contributed by atoms with Crippen molar-refractivity contribution in [1.82, 2.24) is 14.5 Å². The zero-order valence-electron chi connectivity index (χ0n) is 17.1. The second-order valence-electron chi connectivity index (χ2n) is 8.14. The molecule has 2 aliphatic heterocycles. The Morgan fingerprint density at radius 1 is 1.21 bits per heavy atom. The third-order valence-electron chi connectivity index (χ3n) is 6.33. The van der Waals surface area contributed by atoms with Gasteiger partial charge in [0.25, 0.3) is 15.9 Å². The summed E-state index contributed by atoms with van der Waals surface area (Å²) in [5.41, 5.74) is 2.76. The Balaban J connectivity index is 1.69. The van der Waals surface area contributed by atoms with Gasteiger partial charge >= 0.3 is 0 Å². The summed E-state index contributed by atoms with van der Waals surface area (Å²) in [5.74, 6) is 0.136. The van der Waals surface area contributed by atoms with Gasteiger partial charge in [0.1, 0.15) is 5.76 Å². The van der Waals surface area contributed by atoms with Gasteiger partial charge in [-0.3, -0.25) is 4.79 Å². The van der Waals surface area contributed by atoms with Gasteiger partial charge in [0, 0.05) is 24.6 Å². The smallest absolute Gasteiger partial charge is 0.273 e. The number of likely N-dealkylation sites (tertiary alicyclic amines) is 1. The van der Waals surface area contributed by atoms with Crippen molar-refractivity contribution in [2.75, 3.05) is 33.7 Å². The highest BCUT2D eigenvalue weighted by Gasteiger charge is 2.43. The molecular formula is C21H27N3O4S. The largest absolute Gasteiger partial charge is 0.448 e. The van der Waals surface area contributed by atoms with Crippen molar-refractivity contribution in [2.24, 2.45) is 0 Å². The summed E-state index contributed by atoms with van der Waals surface area (Å²) in [7, 11) is -0.291. The number of hydrogen-bond acceptors (Lipinski definition) is 5. The van der Waals surface area contributed by atoms with Crippen LogP contribution in [0.2, 0.25) is 0 Å². The number of aryl methyl sites for hydroxylation is 1. The Bertz CT molecular complexity index is 1040. The zero-order chi connectivity index (χ0) is 20.8. The monoisotopic (exact) mass is 417 g/mol. The van der Waals surface area contributed by atoms with Crippen LogP contribution in [0.5, 0.6) is 0 Å². The van der Waals surface area contributed by atoms with Gasteiger partial charge in [-0.1, -0.05) is 24.3 Å². The second kappa shape index (κ2) is 7.27. The Morgan fingerprint density at radius 3 is 2.59 bits per heavy atom. The van der Waals surface area contributed by atoms with Crippen molar-refractivity contribution in [3.05, 3.63) is 52.8 Å². The van der Waals surface area contributed by atoms with E-state index in [9.17, 15) is 13.2 Å². The summed E-state index contributed by atoms with van der Waals surface area (Å²) in [5, 5.41) is -0.229. The van der Waals surface area contributed by atoms with Gasteiger partial charge in [-0.25, -0.2) is 13.1 Å². The van der Waals surface area contributed by atoms with Crippen LogP contribution in [0.4, 0.5) is 0 Å². The van der Waals surface area contributed by atoms with E-state index in [1.54, 1.807) is 6.92 Å². The molecule has 29 heavy (non-hydrogen) atoms. The molecular weight excluding hydrogens is 390 g/mol. The van der Waals surface area contributed by atoms with Crippen molar-refractivity contribution >= 4 is 15.9 Å². The van der Waals surface area contributed by atoms with E-state index in [2.05, 4.69) is 34.9 Å². The molecule has 0 radical (unpaired) electrons. The van der Waals surface area contributed by atoms with Crippen molar-refractivity contribution in [1.29, 1.82) is 0 Å². The molecule has 2 aromatic rings. The van der Waals surface area contributed by atoms with E-state index >= 15 is 0 Å². The average Bonchev–Trinajstić information content (AvgIpc) is 3.12. The molecule has 8 heteroatoms. The fraction of sp³-hybridized carbons (Fsp3) is 0.476. The Morgan fingerprint density at radius 2 is 1.90 bits per heavy atom. The van der Waals surface area contributed by atoms with Gasteiger partial charge in [0.15, 0.2) is 0 Å². The lowest BCUT2D eigenvalue weighted by Crippen LogP contribution is -2.52. The molecule has 4 rings (SSSR count). The quantitative estimate of drug-likeness (QED) is 0.827. The van der Waals surface area contributed by atoms with Crippen LogP contribution in [0.3, 0.4) is 0 Å². The summed E-state index contributed by atoms with van der Waals surface area (Å²) in [6.07, 6.45) is 1.99. The van der Waals surface area contributed by atoms with Gasteiger partial charge in [-0.2, -0.15) is 0 Å². The highest BCUT2D eigenvalue weighted by Crippen LogP contribution is 2.42. The summed E-state index contributed by atoms with van der Waals surface area (Å²) in [6, 6.07) is 9.71. The molecule has 2 aliphatic rings. The topological polar surface area (TPSA) is 82.9 Å². The number of fused-ring (bicyclic) bond motifs is 2. The Hall–Kier alpha value is -2.16. The fourth-order valence-electron chi connectivity index (χ4n) is 4.58. The van der Waals surface area contributed by atoms with Crippen LogP contribution < -0.4 is 4.72 Å². The number of benzene rings is 1. The molecule has 0 bridgehead atoms. The van der Waals surface area contributed by atoms with Crippen LogP contribution in [-0.2, 0) is 22.0 Å². The number of piperidine rings is 1. The minimum Gasteiger partial charge on any atom is -0.448 e. The number of nitrogens with zero attached hydrogens (tertiary/aromatic N) is 2. The highest BCUT2D eigenvalue weighted by molar-refractivity contribution is 7.89. The summed E-state index contributed by atoms with van der Waals surface area (Å²) >= 11 is 0. The van der Waals surface area contributed by atoms with E-state index in [1.807, 2.05) is 11.0 Å². The van der Waals surface area contributed by atoms with Crippen LogP contribution >= 0.6 is 0 Å². The Labute approximate surface area is 171 Å². The molecule has 1 amide bonds. The first-order valence-corrected chi connectivity index (χ1v) is 11.3. The number of sulfonamides is 1. The number of nitrogens with one attached hydrogen (secondary N) is 1. The normalized spacial score (nSPS) is 19.3. The molecule has 1 aromatic carbocycles. The van der Waals surface area contributed by atoms with E-state index in [4.69, 9.17) is 4.42 Å². The molecule has 1 saturated heterocycles. The van der Waals surface area contributed by atoms with Gasteiger partial charge < -0.3 is 14.2 Å². The van der Waals surface area contributed by atoms with Crippen LogP contribution in [0.1, 0.15) is 40.1 Å². The van der Waals surface area contributed by atoms with E-state index < -0.39 is 10.0 Å². The van der Waals surface area contributed by atoms with Gasteiger partial charge in [-0.15, -0.1) is 0 Å². The maximum atomic E-state index is 13.4. The number of hydrogen-bond donors (Lipinski definition) is 1. The molecule has 3 heterocycles. The predicted molar refractivity (Wildman–Crippen MR) is 109 cm³/mol. The number of carbonyl (C=O) groups is 1. The first-order valence-electron chi connectivity index (χ1n) is 9.86. The van der Waals surface area contributed by atoms with Crippen molar-refractivity contribution in [2.45, 2.75) is 36.8 Å². The van der Waals surface area contributed by atoms with E-state index in [0.717, 1.165) is 25.9 Å². The predicted octanol–water partition coefficient (Wildman–Crippen LogP) is 2.12. The lowest BCUT2D eigenvalue weighted by atomic mass is 9.69. The average molecular weight is 418 g/mol. The van der Waals surface area contributed by atoms with Crippen molar-refractivity contribution < 1.29 is 17.6 Å². The molecule has 0 saturated carbocycles. The van der Waals surface area contributed by atoms with Crippen LogP contribution in [0, 0.1) is 6.92 Å². The fourth-order valence-corrected chi connectivity index (χ4v) is 5.28. The highest BCUT2D eigenvalue weighted by atomic mass is 32.2. The van der Waals surface area contributed by atoms with Gasteiger partial charge in [0.05, 0.1) is 5.56 Å². The third kappa shape index (κ3) is 3.49. The molecule has 156 valence electrons. The zero-order valence-corrected chi connectivity index (χ0v) is 17.9. The number of amides is 1. The molecule has 0 aliphatic carbocycles. The third-order valence-corrected chi connectivity index (χ3v) is 7.60. The van der Waals surface area contributed by atoms with E-state index in [1.165, 1.54) is 24.2 Å². The van der Waals surface area contributed by atoms with Gasteiger partial charge in [-0.05, 0) is 58.1 Å². The summed E-state index contributed by atoms with van der Waals surface area (Å²) in [6.45, 7) is 4.77. The number of rotatable bonds is 3. The van der Waals surface area contributed by atoms with E-state index in [0.29, 0.717) is 24.4 Å². The maximum absolute atomic E-state index is 13.4. The van der Waals surface area contributed by atoms with Gasteiger partial charge in [0.2, 0.25) is 5.09 Å². The molecule has 1 spiro atoms. The minimum absolute atomic E-state index is 0.0610. The molecule has 0 atom stereocenters. The lowest BCUT2D eigenvalue weighted by molar-refractivity contribution is 0.0597. The first-order chi connectivity index (χ1) is 13.8. The number of carbonyl (C=O) groups excluding carboxylic acids is 1. The van der Waals surface area contributed by atoms with E-state index in [-0.39, 0.29) is 16.4 Å². The second-order valence-corrected chi connectivity index (χ2v) is 9.96. The molecule has 7 nitrogen and oxygen atoms in total. The molecule has 0 unspecified atom stereocenters. The van der Waals surface area contributed by atoms with Crippen molar-refractivity contribution in [3.8, 4) is 0 Å². The Kier molecular flexibility index (Phi) is 5.04. The van der Waals surface area contributed by atoms with Crippen LogP contribution in [0.25, 0.3) is 0 Å². The van der Waals surface area contributed by atoms with Crippen LogP contribution in [0.15, 0.2) is 39.8 Å². The summed E-state index contributed by atoms with van der Waals surface area (Å²) in [4.78, 5) is 17.6. The number of furan rings is 1. The molecule has 1 aromatic heterocycles. The maximum Gasteiger partial charge on any atom is 0.273 e. The SMILES string of the molecule is CNS(=O)(=O)c1cc(C(=O)N2Cc3ccccc3C3(CCN(C)CC3)C2)c(C)o1. The minimum atomic E-state index is -3.74. The first kappa shape index (κ1) is 20.1. The van der Waals surface area contributed by atoms with Crippen molar-refractivity contribution in [3.63, 3.8) is 0 Å². The lowest BCUT2D eigenvalue weighted by Gasteiger charge is -2.48. The van der Waals surface area contributed by atoms with Crippen LogP contribution in [-0.4, -0.2) is 57.9 Å². The standard InChI is InChI=1S/C21H27N3O4S/c1-15-17(12-19(28-15)29(26,27)22-2)20(25)24-13-16-6-4-5-7-18(16)21(14-24)8-10-23(3)11-9-21/h4-7,12,22H,8-11,13-14H2,1-3H3. The molecule has 1 N–H and O–H groups in total. The summed E-state index contributed by atoms with van der Waals surface area (Å²) < 4.78 is 31.8.